The van der Waals surface area contributed by atoms with Crippen LogP contribution in [0.4, 0.5) is 0 Å². The standard InChI is InChI=1S/C14H15Br2NOS/c1-18-13-4-2-11(15)8-10(13)9-17-7-6-12-3-5-14(16)19-12/h2-5,8,17H,6-7,9H2,1H3. The predicted octanol–water partition coefficient (Wildman–Crippen LogP) is 4.61. The Morgan fingerprint density at radius 1 is 1.21 bits per heavy atom. The molecule has 2 rings (SSSR count). The highest BCUT2D eigenvalue weighted by Crippen LogP contribution is 2.23. The summed E-state index contributed by atoms with van der Waals surface area (Å²) in [6.45, 7) is 1.78. The first-order valence-electron chi connectivity index (χ1n) is 5.96. The lowest BCUT2D eigenvalue weighted by Gasteiger charge is -2.10. The molecular weight excluding hydrogens is 390 g/mol. The van der Waals surface area contributed by atoms with E-state index >= 15 is 0 Å². The van der Waals surface area contributed by atoms with E-state index in [-0.39, 0.29) is 0 Å². The van der Waals surface area contributed by atoms with Gasteiger partial charge in [-0.1, -0.05) is 15.9 Å². The SMILES string of the molecule is COc1ccc(Br)cc1CNCCc1ccc(Br)s1. The first-order valence-corrected chi connectivity index (χ1v) is 8.36. The summed E-state index contributed by atoms with van der Waals surface area (Å²) in [7, 11) is 1.70. The fraction of sp³-hybridized carbons (Fsp3) is 0.286. The summed E-state index contributed by atoms with van der Waals surface area (Å²) in [4.78, 5) is 1.39. The Labute approximate surface area is 134 Å². The van der Waals surface area contributed by atoms with Gasteiger partial charge in [-0.2, -0.15) is 0 Å². The molecule has 0 atom stereocenters. The third-order valence-electron chi connectivity index (χ3n) is 2.73. The zero-order valence-corrected chi connectivity index (χ0v) is 14.6. The van der Waals surface area contributed by atoms with Gasteiger partial charge in [0.1, 0.15) is 5.75 Å². The van der Waals surface area contributed by atoms with Crippen molar-refractivity contribution >= 4 is 43.2 Å². The first-order chi connectivity index (χ1) is 9.19. The molecule has 0 bridgehead atoms. The van der Waals surface area contributed by atoms with E-state index in [2.05, 4.69) is 55.4 Å². The minimum atomic E-state index is 0.815. The molecule has 1 heterocycles. The summed E-state index contributed by atoms with van der Waals surface area (Å²) in [5, 5.41) is 3.45. The molecule has 0 saturated carbocycles. The second-order valence-corrected chi connectivity index (χ2v) is 7.55. The highest BCUT2D eigenvalue weighted by atomic mass is 79.9. The number of rotatable bonds is 6. The minimum absolute atomic E-state index is 0.815. The van der Waals surface area contributed by atoms with E-state index in [1.165, 1.54) is 14.2 Å². The number of methoxy groups -OCH3 is 1. The molecule has 0 aliphatic rings. The van der Waals surface area contributed by atoms with E-state index in [4.69, 9.17) is 4.74 Å². The quantitative estimate of drug-likeness (QED) is 0.709. The summed E-state index contributed by atoms with van der Waals surface area (Å²) in [6, 6.07) is 10.3. The number of hydrogen-bond donors (Lipinski definition) is 1. The maximum absolute atomic E-state index is 5.35. The molecule has 1 N–H and O–H groups in total. The molecule has 0 saturated heterocycles. The Morgan fingerprint density at radius 3 is 2.74 bits per heavy atom. The van der Waals surface area contributed by atoms with Crippen molar-refractivity contribution in [3.63, 3.8) is 0 Å². The maximum Gasteiger partial charge on any atom is 0.123 e. The molecule has 0 aliphatic heterocycles. The van der Waals surface area contributed by atoms with Crippen molar-refractivity contribution < 1.29 is 4.74 Å². The van der Waals surface area contributed by atoms with Crippen molar-refractivity contribution in [2.24, 2.45) is 0 Å². The van der Waals surface area contributed by atoms with Gasteiger partial charge in [0.05, 0.1) is 10.9 Å². The Morgan fingerprint density at radius 2 is 2.05 bits per heavy atom. The Balaban J connectivity index is 1.83. The molecule has 19 heavy (non-hydrogen) atoms. The van der Waals surface area contributed by atoms with Gasteiger partial charge in [0, 0.05) is 28.0 Å². The summed E-state index contributed by atoms with van der Waals surface area (Å²) in [5.41, 5.74) is 1.17. The van der Waals surface area contributed by atoms with Crippen LogP contribution in [-0.4, -0.2) is 13.7 Å². The molecular formula is C14H15Br2NOS. The Hall–Kier alpha value is -0.360. The van der Waals surface area contributed by atoms with Crippen LogP contribution in [0.1, 0.15) is 10.4 Å². The monoisotopic (exact) mass is 403 g/mol. The maximum atomic E-state index is 5.35. The number of hydrogen-bond acceptors (Lipinski definition) is 3. The molecule has 1 aromatic carbocycles. The van der Waals surface area contributed by atoms with Crippen LogP contribution in [0.15, 0.2) is 38.6 Å². The van der Waals surface area contributed by atoms with Crippen LogP contribution in [0.25, 0.3) is 0 Å². The lowest BCUT2D eigenvalue weighted by molar-refractivity contribution is 0.407. The average molecular weight is 405 g/mol. The van der Waals surface area contributed by atoms with Gasteiger partial charge in [-0.15, -0.1) is 11.3 Å². The van der Waals surface area contributed by atoms with Gasteiger partial charge in [0.2, 0.25) is 0 Å². The van der Waals surface area contributed by atoms with E-state index in [9.17, 15) is 0 Å². The number of ether oxygens (including phenoxy) is 1. The van der Waals surface area contributed by atoms with Crippen molar-refractivity contribution in [1.82, 2.24) is 5.32 Å². The molecule has 0 amide bonds. The van der Waals surface area contributed by atoms with Crippen molar-refractivity contribution in [1.29, 1.82) is 0 Å². The van der Waals surface area contributed by atoms with Crippen molar-refractivity contribution in [2.75, 3.05) is 13.7 Å². The largest absolute Gasteiger partial charge is 0.496 e. The van der Waals surface area contributed by atoms with Gasteiger partial charge < -0.3 is 10.1 Å². The van der Waals surface area contributed by atoms with Crippen molar-refractivity contribution in [2.45, 2.75) is 13.0 Å². The minimum Gasteiger partial charge on any atom is -0.496 e. The fourth-order valence-electron chi connectivity index (χ4n) is 1.81. The third kappa shape index (κ3) is 4.60. The molecule has 0 radical (unpaired) electrons. The third-order valence-corrected chi connectivity index (χ3v) is 4.91. The number of thiophene rings is 1. The van der Waals surface area contributed by atoms with Crippen LogP contribution in [0.3, 0.4) is 0 Å². The summed E-state index contributed by atoms with van der Waals surface area (Å²) < 4.78 is 7.62. The van der Waals surface area contributed by atoms with E-state index in [1.54, 1.807) is 18.4 Å². The van der Waals surface area contributed by atoms with Crippen LogP contribution in [0.5, 0.6) is 5.75 Å². The highest BCUT2D eigenvalue weighted by molar-refractivity contribution is 9.11. The average Bonchev–Trinajstić information content (AvgIpc) is 2.81. The van der Waals surface area contributed by atoms with Gasteiger partial charge in [0.15, 0.2) is 0 Å². The zero-order chi connectivity index (χ0) is 13.7. The Bertz CT molecular complexity index is 542. The molecule has 5 heteroatoms. The molecule has 102 valence electrons. The van der Waals surface area contributed by atoms with Crippen LogP contribution in [0, 0.1) is 0 Å². The van der Waals surface area contributed by atoms with Gasteiger partial charge >= 0.3 is 0 Å². The van der Waals surface area contributed by atoms with Crippen LogP contribution in [-0.2, 0) is 13.0 Å². The van der Waals surface area contributed by atoms with Gasteiger partial charge in [-0.25, -0.2) is 0 Å². The molecule has 2 aromatic rings. The normalized spacial score (nSPS) is 10.7. The molecule has 0 unspecified atom stereocenters. The number of halogens is 2. The second kappa shape index (κ2) is 7.43. The number of benzene rings is 1. The van der Waals surface area contributed by atoms with Crippen molar-refractivity contribution in [3.8, 4) is 5.75 Å². The van der Waals surface area contributed by atoms with Gasteiger partial charge in [-0.05, 0) is 52.7 Å². The van der Waals surface area contributed by atoms with Crippen LogP contribution >= 0.6 is 43.2 Å². The van der Waals surface area contributed by atoms with Crippen LogP contribution < -0.4 is 10.1 Å². The van der Waals surface area contributed by atoms with E-state index in [1.807, 2.05) is 12.1 Å². The van der Waals surface area contributed by atoms with Gasteiger partial charge in [0.25, 0.3) is 0 Å². The second-order valence-electron chi connectivity index (χ2n) is 4.09. The topological polar surface area (TPSA) is 21.3 Å². The predicted molar refractivity (Wildman–Crippen MR) is 88.1 cm³/mol. The fourth-order valence-corrected chi connectivity index (χ4v) is 3.70. The summed E-state index contributed by atoms with van der Waals surface area (Å²) in [6.07, 6.45) is 1.05. The van der Waals surface area contributed by atoms with Crippen molar-refractivity contribution in [3.05, 3.63) is 49.0 Å². The zero-order valence-electron chi connectivity index (χ0n) is 10.6. The number of nitrogens with one attached hydrogen (secondary N) is 1. The van der Waals surface area contributed by atoms with E-state index in [0.29, 0.717) is 0 Å². The molecule has 0 fully saturated rings. The van der Waals surface area contributed by atoms with Gasteiger partial charge in [-0.3, -0.25) is 0 Å². The molecule has 1 aromatic heterocycles. The summed E-state index contributed by atoms with van der Waals surface area (Å²) in [5.74, 6) is 0.926. The van der Waals surface area contributed by atoms with E-state index < -0.39 is 0 Å². The lowest BCUT2D eigenvalue weighted by atomic mass is 10.2. The van der Waals surface area contributed by atoms with Crippen LogP contribution in [0.2, 0.25) is 0 Å². The first kappa shape index (κ1) is 15.0. The molecule has 0 spiro atoms. The Kier molecular flexibility index (Phi) is 5.88. The summed E-state index contributed by atoms with van der Waals surface area (Å²) >= 11 is 8.76. The smallest absolute Gasteiger partial charge is 0.123 e. The highest BCUT2D eigenvalue weighted by Gasteiger charge is 2.03. The molecule has 2 nitrogen and oxygen atoms in total. The molecule has 0 aliphatic carbocycles. The van der Waals surface area contributed by atoms with E-state index in [0.717, 1.165) is 29.7 Å². The lowest BCUT2D eigenvalue weighted by Crippen LogP contribution is -2.16.